The maximum atomic E-state index is 13.8. The molecule has 1 saturated carbocycles. The largest absolute Gasteiger partial charge is 0.480 e. The Labute approximate surface area is 254 Å². The van der Waals surface area contributed by atoms with Crippen molar-refractivity contribution in [3.63, 3.8) is 0 Å². The number of carboxylic acid groups (broad SMARTS) is 1. The van der Waals surface area contributed by atoms with E-state index >= 15 is 0 Å². The normalized spacial score (nSPS) is 12.6. The van der Waals surface area contributed by atoms with Gasteiger partial charge in [0.05, 0.1) is 41.4 Å². The Morgan fingerprint density at radius 2 is 1.80 bits per heavy atom. The maximum absolute atomic E-state index is 13.8. The molecule has 13 heteroatoms. The van der Waals surface area contributed by atoms with E-state index in [9.17, 15) is 18.7 Å². The van der Waals surface area contributed by atoms with Gasteiger partial charge < -0.3 is 24.6 Å². The standard InChI is InChI=1S/C31H25F2N5O5S/c1-41-29-23(14-35-31(37-29)42-2)16-3-7-22-26(11-16)34-15-27(44-38-18-4-5-18)28(22)36-19-9-17(30(39)40)10-21(12-19)43-20-6-8-24(32)25(33)13-20/h3,6-15,18,38H,4-5H2,1-2H3,(H,34,36)(H,39,40). The van der Waals surface area contributed by atoms with Crippen LogP contribution in [-0.2, 0) is 0 Å². The summed E-state index contributed by atoms with van der Waals surface area (Å²) in [6.45, 7) is 0. The van der Waals surface area contributed by atoms with Crippen LogP contribution >= 0.6 is 11.9 Å². The van der Waals surface area contributed by atoms with Gasteiger partial charge in [0, 0.05) is 41.6 Å². The van der Waals surface area contributed by atoms with E-state index in [1.54, 1.807) is 18.5 Å². The zero-order chi connectivity index (χ0) is 30.8. The van der Waals surface area contributed by atoms with E-state index in [-0.39, 0.29) is 23.1 Å². The maximum Gasteiger partial charge on any atom is 0.335 e. The summed E-state index contributed by atoms with van der Waals surface area (Å²) in [6, 6.07) is 13.7. The van der Waals surface area contributed by atoms with Gasteiger partial charge in [0.25, 0.3) is 0 Å². The Balaban J connectivity index is 1.40. The van der Waals surface area contributed by atoms with Gasteiger partial charge in [0.15, 0.2) is 11.6 Å². The number of methoxy groups -OCH3 is 2. The van der Waals surface area contributed by atoms with Crippen LogP contribution in [0.25, 0.3) is 22.0 Å². The molecule has 1 aliphatic rings. The first-order valence-electron chi connectivity index (χ1n) is 13.4. The quantitative estimate of drug-likeness (QED) is 0.133. The number of nitrogens with zero attached hydrogens (tertiary/aromatic N) is 3. The first kappa shape index (κ1) is 29.1. The average Bonchev–Trinajstić information content (AvgIpc) is 3.86. The van der Waals surface area contributed by atoms with E-state index in [1.807, 2.05) is 18.2 Å². The van der Waals surface area contributed by atoms with Crippen molar-refractivity contribution in [2.24, 2.45) is 0 Å². The van der Waals surface area contributed by atoms with Gasteiger partial charge in [-0.15, -0.1) is 0 Å². The van der Waals surface area contributed by atoms with Crippen LogP contribution in [0.5, 0.6) is 23.4 Å². The number of hydrogen-bond donors (Lipinski definition) is 3. The molecular weight excluding hydrogens is 592 g/mol. The fourth-order valence-electron chi connectivity index (χ4n) is 4.37. The van der Waals surface area contributed by atoms with Crippen molar-refractivity contribution in [3.05, 3.63) is 84.2 Å². The second-order valence-corrected chi connectivity index (χ2v) is 10.7. The van der Waals surface area contributed by atoms with Crippen molar-refractivity contribution < 1.29 is 32.9 Å². The number of carboxylic acids is 1. The van der Waals surface area contributed by atoms with Crippen molar-refractivity contribution in [1.29, 1.82) is 0 Å². The first-order valence-corrected chi connectivity index (χ1v) is 14.2. The lowest BCUT2D eigenvalue weighted by molar-refractivity contribution is 0.0696. The second-order valence-electron chi connectivity index (χ2n) is 9.86. The number of carbonyl (C=O) groups is 1. The molecular formula is C31H25F2N5O5S. The van der Waals surface area contributed by atoms with Crippen LogP contribution in [0.1, 0.15) is 23.2 Å². The van der Waals surface area contributed by atoms with Crippen LogP contribution in [-0.4, -0.2) is 46.3 Å². The minimum atomic E-state index is -1.19. The van der Waals surface area contributed by atoms with Gasteiger partial charge in [-0.2, -0.15) is 4.98 Å². The zero-order valence-corrected chi connectivity index (χ0v) is 24.2. The van der Waals surface area contributed by atoms with Gasteiger partial charge in [0.1, 0.15) is 11.5 Å². The molecule has 1 aliphatic carbocycles. The van der Waals surface area contributed by atoms with Gasteiger partial charge in [-0.05, 0) is 60.7 Å². The average molecular weight is 618 g/mol. The Kier molecular flexibility index (Phi) is 8.13. The van der Waals surface area contributed by atoms with Crippen LogP contribution in [0.15, 0.2) is 71.9 Å². The number of rotatable bonds is 11. The molecule has 0 unspecified atom stereocenters. The molecule has 224 valence electrons. The third-order valence-electron chi connectivity index (χ3n) is 6.72. The molecule has 2 heterocycles. The molecule has 0 atom stereocenters. The predicted octanol–water partition coefficient (Wildman–Crippen LogP) is 6.98. The Hall–Kier alpha value is -5.01. The van der Waals surface area contributed by atoms with Crippen LogP contribution in [0.3, 0.4) is 0 Å². The van der Waals surface area contributed by atoms with Crippen LogP contribution < -0.4 is 24.2 Å². The van der Waals surface area contributed by atoms with Gasteiger partial charge in [-0.25, -0.2) is 18.6 Å². The smallest absolute Gasteiger partial charge is 0.335 e. The summed E-state index contributed by atoms with van der Waals surface area (Å²) in [6.07, 6.45) is 5.51. The molecule has 0 aliphatic heterocycles. The van der Waals surface area contributed by atoms with Gasteiger partial charge >= 0.3 is 12.0 Å². The number of aromatic nitrogens is 3. The highest BCUT2D eigenvalue weighted by Crippen LogP contribution is 2.39. The van der Waals surface area contributed by atoms with E-state index in [0.717, 1.165) is 40.8 Å². The van der Waals surface area contributed by atoms with Gasteiger partial charge in [-0.3, -0.25) is 9.71 Å². The number of fused-ring (bicyclic) bond motifs is 1. The second kappa shape index (κ2) is 12.3. The van der Waals surface area contributed by atoms with Gasteiger partial charge in [-0.1, -0.05) is 12.1 Å². The Bertz CT molecular complexity index is 1890. The summed E-state index contributed by atoms with van der Waals surface area (Å²) < 4.78 is 46.9. The molecule has 3 aromatic carbocycles. The third kappa shape index (κ3) is 6.33. The SMILES string of the molecule is COc1ncc(-c2ccc3c(Nc4cc(Oc5ccc(F)c(F)c5)cc(C(=O)O)c4)c(SNC4CC4)cnc3c2)c(OC)n1. The molecule has 0 amide bonds. The molecule has 0 bridgehead atoms. The molecule has 1 fully saturated rings. The zero-order valence-electron chi connectivity index (χ0n) is 23.4. The van der Waals surface area contributed by atoms with E-state index < -0.39 is 17.6 Å². The molecule has 2 aromatic heterocycles. The highest BCUT2D eigenvalue weighted by Gasteiger charge is 2.22. The fourth-order valence-corrected chi connectivity index (χ4v) is 5.27. The van der Waals surface area contributed by atoms with E-state index in [0.29, 0.717) is 34.4 Å². The van der Waals surface area contributed by atoms with E-state index in [2.05, 4.69) is 20.0 Å². The molecule has 0 radical (unpaired) electrons. The van der Waals surface area contributed by atoms with E-state index in [4.69, 9.17) is 19.2 Å². The molecule has 0 spiro atoms. The number of benzene rings is 3. The minimum Gasteiger partial charge on any atom is -0.480 e. The topological polar surface area (TPSA) is 128 Å². The number of aromatic carboxylic acids is 1. The van der Waals surface area contributed by atoms with Crippen LogP contribution in [0.4, 0.5) is 20.2 Å². The molecule has 6 rings (SSSR count). The number of anilines is 2. The summed E-state index contributed by atoms with van der Waals surface area (Å²) in [5, 5.41) is 13.9. The summed E-state index contributed by atoms with van der Waals surface area (Å²) in [7, 11) is 2.99. The number of halogens is 2. The monoisotopic (exact) mass is 617 g/mol. The highest BCUT2D eigenvalue weighted by molar-refractivity contribution is 7.97. The predicted molar refractivity (Wildman–Crippen MR) is 161 cm³/mol. The Morgan fingerprint density at radius 1 is 0.955 bits per heavy atom. The number of pyridine rings is 1. The van der Waals surface area contributed by atoms with Crippen LogP contribution in [0.2, 0.25) is 0 Å². The van der Waals surface area contributed by atoms with Crippen molar-refractivity contribution in [1.82, 2.24) is 19.7 Å². The van der Waals surface area contributed by atoms with Crippen molar-refractivity contribution in [3.8, 4) is 34.5 Å². The lowest BCUT2D eigenvalue weighted by Crippen LogP contribution is -2.07. The summed E-state index contributed by atoms with van der Waals surface area (Å²) in [5.74, 6) is -2.81. The van der Waals surface area contributed by atoms with Crippen molar-refractivity contribution in [2.75, 3.05) is 19.5 Å². The summed E-state index contributed by atoms with van der Waals surface area (Å²) >= 11 is 1.43. The van der Waals surface area contributed by atoms with Crippen molar-refractivity contribution >= 4 is 40.2 Å². The fraction of sp³-hybridized carbons (Fsp3) is 0.161. The van der Waals surface area contributed by atoms with Crippen LogP contribution in [0, 0.1) is 11.6 Å². The van der Waals surface area contributed by atoms with E-state index in [1.165, 1.54) is 44.4 Å². The number of ether oxygens (including phenoxy) is 3. The molecule has 10 nitrogen and oxygen atoms in total. The first-order chi connectivity index (χ1) is 21.3. The van der Waals surface area contributed by atoms with Crippen molar-refractivity contribution in [2.45, 2.75) is 23.8 Å². The Morgan fingerprint density at radius 3 is 2.52 bits per heavy atom. The van der Waals surface area contributed by atoms with Gasteiger partial charge in [0.2, 0.25) is 5.88 Å². The lowest BCUT2D eigenvalue weighted by atomic mass is 10.0. The highest BCUT2D eigenvalue weighted by atomic mass is 32.2. The molecule has 3 N–H and O–H groups in total. The summed E-state index contributed by atoms with van der Waals surface area (Å²) in [5.41, 5.74) is 3.07. The number of nitrogens with one attached hydrogen (secondary N) is 2. The lowest BCUT2D eigenvalue weighted by Gasteiger charge is -2.17. The molecule has 44 heavy (non-hydrogen) atoms. The molecule has 0 saturated heterocycles. The summed E-state index contributed by atoms with van der Waals surface area (Å²) in [4.78, 5) is 26.0. The number of hydrogen-bond acceptors (Lipinski definition) is 10. The molecule has 5 aromatic rings. The third-order valence-corrected chi connectivity index (χ3v) is 7.70. The minimum absolute atomic E-state index is 0.0158.